The van der Waals surface area contributed by atoms with Crippen molar-refractivity contribution in [3.63, 3.8) is 0 Å². The van der Waals surface area contributed by atoms with Crippen molar-refractivity contribution in [2.75, 3.05) is 38.7 Å². The number of anilines is 1. The highest BCUT2D eigenvalue weighted by atomic mass is 32.1. The van der Waals surface area contributed by atoms with Gasteiger partial charge in [0.25, 0.3) is 5.91 Å². The maximum atomic E-state index is 12.7. The first-order valence-corrected chi connectivity index (χ1v) is 9.78. The van der Waals surface area contributed by atoms with Crippen molar-refractivity contribution < 1.29 is 18.8 Å². The van der Waals surface area contributed by atoms with Crippen LogP contribution in [0, 0.1) is 0 Å². The molecule has 0 atom stereocenters. The van der Waals surface area contributed by atoms with Crippen LogP contribution in [-0.2, 0) is 11.3 Å². The molecule has 1 aromatic carbocycles. The number of methoxy groups -OCH3 is 1. The number of hydrogen-bond donors (Lipinski definition) is 1. The Kier molecular flexibility index (Phi) is 5.54. The van der Waals surface area contributed by atoms with Crippen LogP contribution in [0.4, 0.5) is 5.69 Å². The van der Waals surface area contributed by atoms with Crippen LogP contribution < -0.4 is 10.1 Å². The average molecular weight is 400 g/mol. The number of rotatable bonds is 6. The van der Waals surface area contributed by atoms with Crippen LogP contribution in [0.5, 0.6) is 5.75 Å². The predicted molar refractivity (Wildman–Crippen MR) is 105 cm³/mol. The molecule has 1 N–H and O–H groups in total. The van der Waals surface area contributed by atoms with Crippen LogP contribution in [-0.4, -0.2) is 54.4 Å². The summed E-state index contributed by atoms with van der Waals surface area (Å²) in [6, 6.07) is 9.21. The first-order chi connectivity index (χ1) is 13.7. The van der Waals surface area contributed by atoms with Crippen molar-refractivity contribution in [1.29, 1.82) is 0 Å². The lowest BCUT2D eigenvalue weighted by atomic mass is 10.1. The summed E-state index contributed by atoms with van der Waals surface area (Å²) in [5.41, 5.74) is 1.28. The maximum Gasteiger partial charge on any atom is 0.254 e. The van der Waals surface area contributed by atoms with Crippen LogP contribution in [0.3, 0.4) is 0 Å². The first-order valence-electron chi connectivity index (χ1n) is 8.90. The molecule has 3 aromatic rings. The summed E-state index contributed by atoms with van der Waals surface area (Å²) in [7, 11) is 1.59. The van der Waals surface area contributed by atoms with E-state index in [1.807, 2.05) is 17.5 Å². The molecule has 0 aliphatic carbocycles. The Morgan fingerprint density at radius 1 is 1.32 bits per heavy atom. The number of nitrogens with zero attached hydrogens (tertiary/aromatic N) is 3. The van der Waals surface area contributed by atoms with Gasteiger partial charge < -0.3 is 24.2 Å². The molecule has 9 heteroatoms. The highest BCUT2D eigenvalue weighted by Crippen LogP contribution is 2.27. The third kappa shape index (κ3) is 4.00. The van der Waals surface area contributed by atoms with Crippen molar-refractivity contribution in [1.82, 2.24) is 15.0 Å². The Morgan fingerprint density at radius 3 is 2.93 bits per heavy atom. The normalized spacial score (nSPS) is 14.1. The predicted octanol–water partition coefficient (Wildman–Crippen LogP) is 2.89. The molecule has 0 radical (unpaired) electrons. The number of aromatic nitrogens is 2. The fourth-order valence-electron chi connectivity index (χ4n) is 2.93. The van der Waals surface area contributed by atoms with E-state index in [-0.39, 0.29) is 5.91 Å². The van der Waals surface area contributed by atoms with Crippen LogP contribution in [0.1, 0.15) is 16.2 Å². The highest BCUT2D eigenvalue weighted by Gasteiger charge is 2.20. The molecule has 0 saturated carbocycles. The van der Waals surface area contributed by atoms with Crippen molar-refractivity contribution in [2.24, 2.45) is 0 Å². The minimum Gasteiger partial charge on any atom is -0.495 e. The Bertz CT molecular complexity index is 935. The number of hydrogen-bond acceptors (Lipinski definition) is 8. The Balaban J connectivity index is 1.48. The number of carbonyl (C=O) groups is 1. The van der Waals surface area contributed by atoms with Gasteiger partial charge >= 0.3 is 0 Å². The minimum atomic E-state index is -0.0215. The highest BCUT2D eigenvalue weighted by molar-refractivity contribution is 7.13. The van der Waals surface area contributed by atoms with Gasteiger partial charge in [-0.25, -0.2) is 0 Å². The van der Waals surface area contributed by atoms with Gasteiger partial charge in [0.05, 0.1) is 37.4 Å². The van der Waals surface area contributed by atoms with Crippen LogP contribution in [0.2, 0.25) is 0 Å². The van der Waals surface area contributed by atoms with E-state index in [9.17, 15) is 4.79 Å². The number of thiophene rings is 1. The van der Waals surface area contributed by atoms with Crippen molar-refractivity contribution >= 4 is 22.9 Å². The van der Waals surface area contributed by atoms with Gasteiger partial charge in [0.15, 0.2) is 0 Å². The summed E-state index contributed by atoms with van der Waals surface area (Å²) in [5, 5.41) is 9.19. The van der Waals surface area contributed by atoms with E-state index < -0.39 is 0 Å². The lowest BCUT2D eigenvalue weighted by molar-refractivity contribution is 0.0303. The zero-order chi connectivity index (χ0) is 19.3. The fourth-order valence-corrected chi connectivity index (χ4v) is 3.58. The van der Waals surface area contributed by atoms with E-state index in [1.54, 1.807) is 41.5 Å². The molecule has 28 heavy (non-hydrogen) atoms. The Hall–Kier alpha value is -2.91. The van der Waals surface area contributed by atoms with Crippen LogP contribution in [0.15, 0.2) is 40.2 Å². The first kappa shape index (κ1) is 18.5. The molecule has 0 unspecified atom stereocenters. The summed E-state index contributed by atoms with van der Waals surface area (Å²) in [4.78, 5) is 19.9. The minimum absolute atomic E-state index is 0.0215. The van der Waals surface area contributed by atoms with E-state index in [0.717, 1.165) is 4.88 Å². The molecule has 1 aliphatic heterocycles. The molecule has 2 aromatic heterocycles. The van der Waals surface area contributed by atoms with Gasteiger partial charge in [-0.05, 0) is 29.6 Å². The number of nitrogens with one attached hydrogen (secondary N) is 1. The number of ether oxygens (including phenoxy) is 2. The standard InChI is InChI=1S/C19H20N4O4S/c1-25-15-5-4-13(19(24)23-6-8-26-9-7-23)11-14(15)20-12-17-21-18(22-27-17)16-3-2-10-28-16/h2-5,10-11,20H,6-9,12H2,1H3. The molecule has 1 amide bonds. The fraction of sp³-hybridized carbons (Fsp3) is 0.316. The van der Waals surface area contributed by atoms with Gasteiger partial charge in [0.2, 0.25) is 11.7 Å². The van der Waals surface area contributed by atoms with E-state index in [2.05, 4.69) is 15.5 Å². The zero-order valence-corrected chi connectivity index (χ0v) is 16.2. The molecule has 4 rings (SSSR count). The van der Waals surface area contributed by atoms with Gasteiger partial charge in [0, 0.05) is 18.7 Å². The molecule has 0 bridgehead atoms. The van der Waals surface area contributed by atoms with E-state index >= 15 is 0 Å². The number of benzene rings is 1. The molecular formula is C19H20N4O4S. The van der Waals surface area contributed by atoms with Crippen LogP contribution >= 0.6 is 11.3 Å². The second kappa shape index (κ2) is 8.41. The van der Waals surface area contributed by atoms with Gasteiger partial charge in [-0.15, -0.1) is 11.3 Å². The number of morpholine rings is 1. The van der Waals surface area contributed by atoms with Gasteiger partial charge in [0.1, 0.15) is 5.75 Å². The number of amides is 1. The molecule has 8 nitrogen and oxygen atoms in total. The molecule has 1 saturated heterocycles. The Labute approximate surface area is 166 Å². The Morgan fingerprint density at radius 2 is 2.18 bits per heavy atom. The summed E-state index contributed by atoms with van der Waals surface area (Å²) in [6.45, 7) is 2.65. The second-order valence-electron chi connectivity index (χ2n) is 6.16. The monoisotopic (exact) mass is 400 g/mol. The van der Waals surface area contributed by atoms with Crippen molar-refractivity contribution in [2.45, 2.75) is 6.54 Å². The molecule has 1 fully saturated rings. The molecule has 1 aliphatic rings. The smallest absolute Gasteiger partial charge is 0.254 e. The number of carbonyl (C=O) groups excluding carboxylic acids is 1. The molecule has 3 heterocycles. The van der Waals surface area contributed by atoms with E-state index in [0.29, 0.717) is 61.6 Å². The summed E-state index contributed by atoms with van der Waals surface area (Å²) in [6.07, 6.45) is 0. The molecule has 0 spiro atoms. The van der Waals surface area contributed by atoms with Crippen LogP contribution in [0.25, 0.3) is 10.7 Å². The van der Waals surface area contributed by atoms with Gasteiger partial charge in [-0.3, -0.25) is 4.79 Å². The van der Waals surface area contributed by atoms with E-state index in [4.69, 9.17) is 14.0 Å². The zero-order valence-electron chi connectivity index (χ0n) is 15.4. The molecular weight excluding hydrogens is 380 g/mol. The summed E-state index contributed by atoms with van der Waals surface area (Å²) >= 11 is 1.55. The second-order valence-corrected chi connectivity index (χ2v) is 7.11. The van der Waals surface area contributed by atoms with Gasteiger partial charge in [-0.1, -0.05) is 11.2 Å². The van der Waals surface area contributed by atoms with Crippen molar-refractivity contribution in [3.05, 3.63) is 47.2 Å². The van der Waals surface area contributed by atoms with Gasteiger partial charge in [-0.2, -0.15) is 4.98 Å². The van der Waals surface area contributed by atoms with E-state index in [1.165, 1.54) is 0 Å². The molecule has 146 valence electrons. The topological polar surface area (TPSA) is 89.7 Å². The SMILES string of the molecule is COc1ccc(C(=O)N2CCOCC2)cc1NCc1nc(-c2cccs2)no1. The third-order valence-corrected chi connectivity index (χ3v) is 5.25. The largest absolute Gasteiger partial charge is 0.495 e. The lowest BCUT2D eigenvalue weighted by Gasteiger charge is -2.27. The summed E-state index contributed by atoms with van der Waals surface area (Å²) < 4.78 is 16.0. The maximum absolute atomic E-state index is 12.7. The summed E-state index contributed by atoms with van der Waals surface area (Å²) in [5.74, 6) is 1.63. The van der Waals surface area contributed by atoms with Crippen molar-refractivity contribution in [3.8, 4) is 16.5 Å². The quantitative estimate of drug-likeness (QED) is 0.680. The average Bonchev–Trinajstić information content (AvgIpc) is 3.44. The third-order valence-electron chi connectivity index (χ3n) is 4.38. The lowest BCUT2D eigenvalue weighted by Crippen LogP contribution is -2.40.